The molecule has 0 saturated carbocycles. The maximum absolute atomic E-state index is 12.6. The number of hydrogen-bond acceptors (Lipinski definition) is 6. The molecular weight excluding hydrogens is 444 g/mol. The van der Waals surface area contributed by atoms with E-state index in [-0.39, 0.29) is 0 Å². The van der Waals surface area contributed by atoms with Crippen molar-refractivity contribution in [3.63, 3.8) is 0 Å². The molecule has 35 heavy (non-hydrogen) atoms. The molecule has 4 rings (SSSR count). The van der Waals surface area contributed by atoms with E-state index in [2.05, 4.69) is 20.7 Å². The Kier molecular flexibility index (Phi) is 7.42. The summed E-state index contributed by atoms with van der Waals surface area (Å²) in [6.45, 7) is 2.29. The van der Waals surface area contributed by atoms with Gasteiger partial charge in [-0.3, -0.25) is 9.89 Å². The fourth-order valence-electron chi connectivity index (χ4n) is 3.37. The van der Waals surface area contributed by atoms with Gasteiger partial charge in [-0.2, -0.15) is 10.2 Å². The lowest BCUT2D eigenvalue weighted by molar-refractivity contribution is 0.0950. The van der Waals surface area contributed by atoms with Gasteiger partial charge in [0.15, 0.2) is 11.5 Å². The number of hydrazone groups is 1. The largest absolute Gasteiger partial charge is 0.493 e. The molecule has 0 aliphatic heterocycles. The normalized spacial score (nSPS) is 11.1. The van der Waals surface area contributed by atoms with Crippen LogP contribution in [0.15, 0.2) is 84.0 Å². The third-order valence-electron chi connectivity index (χ3n) is 5.35. The van der Waals surface area contributed by atoms with Crippen LogP contribution in [-0.2, 0) is 6.61 Å². The molecule has 0 fully saturated rings. The molecule has 0 aliphatic rings. The lowest BCUT2D eigenvalue weighted by Crippen LogP contribution is -2.19. The lowest BCUT2D eigenvalue weighted by Gasteiger charge is -2.09. The molecule has 178 valence electrons. The number of ether oxygens (including phenoxy) is 3. The molecule has 0 bridgehead atoms. The standard InChI is InChI=1S/C27H26N4O4/c1-18(21-11-14-25(33-2)26(15-21)34-3)28-31-27(32)24-16-23(29-30-24)20-9-12-22(13-10-20)35-17-19-7-5-4-6-8-19/h4-16H,17H2,1-3H3,(H,29,30)(H,31,32). The van der Waals surface area contributed by atoms with Crippen LogP contribution in [0.1, 0.15) is 28.5 Å². The van der Waals surface area contributed by atoms with Crippen LogP contribution in [0.3, 0.4) is 0 Å². The summed E-state index contributed by atoms with van der Waals surface area (Å²) in [7, 11) is 3.14. The van der Waals surface area contributed by atoms with E-state index in [0.717, 1.165) is 22.4 Å². The Bertz CT molecular complexity index is 1310. The SMILES string of the molecule is COc1ccc(C(C)=NNC(=O)c2cc(-c3ccc(OCc4ccccc4)cc3)n[nH]2)cc1OC. The van der Waals surface area contributed by atoms with Gasteiger partial charge >= 0.3 is 0 Å². The lowest BCUT2D eigenvalue weighted by atomic mass is 10.1. The molecule has 3 aromatic carbocycles. The minimum absolute atomic E-state index is 0.299. The summed E-state index contributed by atoms with van der Waals surface area (Å²) in [5.74, 6) is 1.56. The second kappa shape index (κ2) is 11.0. The Labute approximate surface area is 203 Å². The van der Waals surface area contributed by atoms with Crippen LogP contribution in [0, 0.1) is 0 Å². The van der Waals surface area contributed by atoms with Gasteiger partial charge in [-0.15, -0.1) is 0 Å². The number of H-pyrrole nitrogens is 1. The number of carbonyl (C=O) groups is 1. The van der Waals surface area contributed by atoms with Crippen LogP contribution < -0.4 is 19.6 Å². The predicted octanol–water partition coefficient (Wildman–Crippen LogP) is 4.83. The highest BCUT2D eigenvalue weighted by Gasteiger charge is 2.12. The number of amides is 1. The maximum atomic E-state index is 12.6. The Morgan fingerprint density at radius 3 is 2.40 bits per heavy atom. The first-order valence-corrected chi connectivity index (χ1v) is 11.0. The monoisotopic (exact) mass is 470 g/mol. The summed E-state index contributed by atoms with van der Waals surface area (Å²) in [5, 5.41) is 11.2. The number of aromatic amines is 1. The van der Waals surface area contributed by atoms with Gasteiger partial charge < -0.3 is 14.2 Å². The van der Waals surface area contributed by atoms with Crippen LogP contribution in [0.25, 0.3) is 11.3 Å². The number of nitrogens with one attached hydrogen (secondary N) is 2. The number of nitrogens with zero attached hydrogens (tertiary/aromatic N) is 2. The molecule has 0 saturated heterocycles. The average Bonchev–Trinajstić information content (AvgIpc) is 3.41. The summed E-state index contributed by atoms with van der Waals surface area (Å²) in [4.78, 5) is 12.6. The first-order valence-electron chi connectivity index (χ1n) is 11.0. The van der Waals surface area contributed by atoms with Crippen molar-refractivity contribution in [2.75, 3.05) is 14.2 Å². The Morgan fingerprint density at radius 1 is 0.943 bits per heavy atom. The molecule has 4 aromatic rings. The van der Waals surface area contributed by atoms with E-state index in [1.807, 2.05) is 60.7 Å². The molecule has 0 aliphatic carbocycles. The van der Waals surface area contributed by atoms with E-state index in [9.17, 15) is 4.79 Å². The van der Waals surface area contributed by atoms with Crippen molar-refractivity contribution in [3.05, 3.63) is 95.7 Å². The van der Waals surface area contributed by atoms with Crippen LogP contribution in [0.4, 0.5) is 0 Å². The smallest absolute Gasteiger partial charge is 0.289 e. The van der Waals surface area contributed by atoms with Gasteiger partial charge in [0, 0.05) is 11.1 Å². The summed E-state index contributed by atoms with van der Waals surface area (Å²) in [6.07, 6.45) is 0. The molecule has 0 atom stereocenters. The molecule has 2 N–H and O–H groups in total. The Hall–Kier alpha value is -4.59. The van der Waals surface area contributed by atoms with E-state index >= 15 is 0 Å². The van der Waals surface area contributed by atoms with Gasteiger partial charge in [0.25, 0.3) is 5.91 Å². The van der Waals surface area contributed by atoms with E-state index in [1.54, 1.807) is 39.3 Å². The predicted molar refractivity (Wildman–Crippen MR) is 134 cm³/mol. The van der Waals surface area contributed by atoms with E-state index in [4.69, 9.17) is 14.2 Å². The number of benzene rings is 3. The van der Waals surface area contributed by atoms with Gasteiger partial charge in [0.05, 0.1) is 25.6 Å². The zero-order valence-corrected chi connectivity index (χ0v) is 19.7. The van der Waals surface area contributed by atoms with Gasteiger partial charge in [0.1, 0.15) is 18.1 Å². The molecule has 8 heteroatoms. The van der Waals surface area contributed by atoms with E-state index in [1.165, 1.54) is 0 Å². The number of methoxy groups -OCH3 is 2. The van der Waals surface area contributed by atoms with E-state index < -0.39 is 5.91 Å². The third kappa shape index (κ3) is 5.86. The molecule has 0 radical (unpaired) electrons. The molecular formula is C27H26N4O4. The molecule has 1 aromatic heterocycles. The zero-order valence-electron chi connectivity index (χ0n) is 19.7. The number of carbonyl (C=O) groups excluding carboxylic acids is 1. The molecule has 8 nitrogen and oxygen atoms in total. The minimum Gasteiger partial charge on any atom is -0.493 e. The van der Waals surface area contributed by atoms with Crippen LogP contribution in [-0.4, -0.2) is 36.0 Å². The third-order valence-corrected chi connectivity index (χ3v) is 5.35. The summed E-state index contributed by atoms with van der Waals surface area (Å²) < 4.78 is 16.4. The first kappa shape index (κ1) is 23.6. The Balaban J connectivity index is 1.37. The molecule has 1 heterocycles. The van der Waals surface area contributed by atoms with Crippen molar-refractivity contribution in [2.24, 2.45) is 5.10 Å². The summed E-state index contributed by atoms with van der Waals surface area (Å²) in [6, 6.07) is 24.6. The summed E-state index contributed by atoms with van der Waals surface area (Å²) >= 11 is 0. The Morgan fingerprint density at radius 2 is 1.69 bits per heavy atom. The molecule has 0 spiro atoms. The first-order chi connectivity index (χ1) is 17.1. The van der Waals surface area contributed by atoms with Crippen molar-refractivity contribution < 1.29 is 19.0 Å². The van der Waals surface area contributed by atoms with Crippen LogP contribution >= 0.6 is 0 Å². The van der Waals surface area contributed by atoms with Gasteiger partial charge in [-0.1, -0.05) is 30.3 Å². The zero-order chi connectivity index (χ0) is 24.6. The number of aromatic nitrogens is 2. The molecule has 1 amide bonds. The van der Waals surface area contributed by atoms with Crippen molar-refractivity contribution in [1.29, 1.82) is 0 Å². The second-order valence-corrected chi connectivity index (χ2v) is 7.67. The fraction of sp³-hybridized carbons (Fsp3) is 0.148. The van der Waals surface area contributed by atoms with Gasteiger partial charge in [-0.25, -0.2) is 5.43 Å². The second-order valence-electron chi connectivity index (χ2n) is 7.67. The fourth-order valence-corrected chi connectivity index (χ4v) is 3.37. The van der Waals surface area contributed by atoms with Crippen LogP contribution in [0.5, 0.6) is 17.2 Å². The quantitative estimate of drug-likeness (QED) is 0.270. The van der Waals surface area contributed by atoms with Crippen molar-refractivity contribution >= 4 is 11.6 Å². The van der Waals surface area contributed by atoms with Gasteiger partial charge in [-0.05, 0) is 61.0 Å². The highest BCUT2D eigenvalue weighted by atomic mass is 16.5. The number of hydrogen-bond donors (Lipinski definition) is 2. The highest BCUT2D eigenvalue weighted by Crippen LogP contribution is 2.27. The van der Waals surface area contributed by atoms with Crippen molar-refractivity contribution in [1.82, 2.24) is 15.6 Å². The molecule has 0 unspecified atom stereocenters. The minimum atomic E-state index is -0.397. The van der Waals surface area contributed by atoms with Crippen molar-refractivity contribution in [2.45, 2.75) is 13.5 Å². The van der Waals surface area contributed by atoms with Crippen molar-refractivity contribution in [3.8, 4) is 28.5 Å². The van der Waals surface area contributed by atoms with E-state index in [0.29, 0.717) is 35.2 Å². The van der Waals surface area contributed by atoms with Gasteiger partial charge in [0.2, 0.25) is 0 Å². The topological polar surface area (TPSA) is 97.8 Å². The summed E-state index contributed by atoms with van der Waals surface area (Å²) in [5.41, 5.74) is 6.87. The van der Waals surface area contributed by atoms with Crippen LogP contribution in [0.2, 0.25) is 0 Å². The number of rotatable bonds is 9. The average molecular weight is 471 g/mol. The maximum Gasteiger partial charge on any atom is 0.289 e. The highest BCUT2D eigenvalue weighted by molar-refractivity contribution is 6.01.